The summed E-state index contributed by atoms with van der Waals surface area (Å²) in [5.41, 5.74) is 5.37. The van der Waals surface area contributed by atoms with Crippen LogP contribution in [0, 0.1) is 0 Å². The van der Waals surface area contributed by atoms with Gasteiger partial charge in [0.2, 0.25) is 0 Å². The summed E-state index contributed by atoms with van der Waals surface area (Å²) in [7, 11) is 0. The van der Waals surface area contributed by atoms with Crippen LogP contribution in [0.3, 0.4) is 0 Å². The summed E-state index contributed by atoms with van der Waals surface area (Å²) in [5, 5.41) is 0. The lowest BCUT2D eigenvalue weighted by Crippen LogP contribution is -1.76. The normalized spacial score (nSPS) is 14.4. The molecule has 0 aliphatic carbocycles. The lowest BCUT2D eigenvalue weighted by atomic mass is 10.1. The van der Waals surface area contributed by atoms with Gasteiger partial charge < -0.3 is 0 Å². The fourth-order valence-corrected chi connectivity index (χ4v) is 1.54. The number of hydrogen-bond donors (Lipinski definition) is 0. The molecule has 0 atom stereocenters. The van der Waals surface area contributed by atoms with Gasteiger partial charge in [-0.3, -0.25) is 0 Å². The van der Waals surface area contributed by atoms with Crippen LogP contribution >= 0.6 is 0 Å². The van der Waals surface area contributed by atoms with E-state index in [1.165, 1.54) is 22.3 Å². The van der Waals surface area contributed by atoms with Crippen molar-refractivity contribution in [3.8, 4) is 0 Å². The first-order chi connectivity index (χ1) is 9.45. The van der Waals surface area contributed by atoms with Crippen molar-refractivity contribution in [1.82, 2.24) is 0 Å². The monoisotopic (exact) mass is 270 g/mol. The number of hydrogen-bond acceptors (Lipinski definition) is 0. The van der Waals surface area contributed by atoms with Gasteiger partial charge in [-0.1, -0.05) is 70.9 Å². The Labute approximate surface area is 126 Å². The van der Waals surface area contributed by atoms with Gasteiger partial charge in [-0.15, -0.1) is 0 Å². The van der Waals surface area contributed by atoms with Crippen molar-refractivity contribution in [3.05, 3.63) is 70.9 Å². The van der Waals surface area contributed by atoms with E-state index in [0.717, 1.165) is 12.8 Å². The van der Waals surface area contributed by atoms with Gasteiger partial charge in [-0.05, 0) is 54.4 Å². The Morgan fingerprint density at radius 2 is 1.40 bits per heavy atom. The summed E-state index contributed by atoms with van der Waals surface area (Å²) >= 11 is 0. The molecule has 0 bridgehead atoms. The molecule has 0 heteroatoms. The van der Waals surface area contributed by atoms with E-state index in [1.54, 1.807) is 0 Å². The molecule has 20 heavy (non-hydrogen) atoms. The van der Waals surface area contributed by atoms with Crippen molar-refractivity contribution in [2.75, 3.05) is 0 Å². The minimum Gasteiger partial charge on any atom is -0.0856 e. The SMILES string of the molecule is C/C=C(C)/C=C/C=C(C)/C=C/C=C(\C)CCC=C(C)C. The van der Waals surface area contributed by atoms with Crippen molar-refractivity contribution >= 4 is 0 Å². The maximum absolute atomic E-state index is 2.29. The third-order valence-electron chi connectivity index (χ3n) is 3.00. The fraction of sp³-hybridized carbons (Fsp3) is 0.400. The molecule has 0 spiro atoms. The molecule has 0 unspecified atom stereocenters. The maximum Gasteiger partial charge on any atom is -0.0285 e. The summed E-state index contributed by atoms with van der Waals surface area (Å²) in [5.74, 6) is 0. The quantitative estimate of drug-likeness (QED) is 0.356. The molecule has 110 valence electrons. The lowest BCUT2D eigenvalue weighted by Gasteiger charge is -1.96. The summed E-state index contributed by atoms with van der Waals surface area (Å²) in [6.45, 7) is 12.8. The van der Waals surface area contributed by atoms with E-state index in [1.807, 2.05) is 0 Å². The van der Waals surface area contributed by atoms with E-state index < -0.39 is 0 Å². The highest BCUT2D eigenvalue weighted by Gasteiger charge is 1.87. The van der Waals surface area contributed by atoms with Crippen LogP contribution in [0.5, 0.6) is 0 Å². The van der Waals surface area contributed by atoms with Crippen LogP contribution in [0.1, 0.15) is 54.4 Å². The molecule has 0 saturated heterocycles. The Morgan fingerprint density at radius 3 is 2.00 bits per heavy atom. The molecular weight excluding hydrogens is 240 g/mol. The molecular formula is C20H30. The molecule has 0 aliphatic rings. The lowest BCUT2D eigenvalue weighted by molar-refractivity contribution is 0.967. The molecule has 0 N–H and O–H groups in total. The molecule has 0 amide bonds. The van der Waals surface area contributed by atoms with E-state index in [2.05, 4.69) is 90.2 Å². The first-order valence-electron chi connectivity index (χ1n) is 7.40. The van der Waals surface area contributed by atoms with Crippen LogP contribution in [0.25, 0.3) is 0 Å². The zero-order valence-electron chi connectivity index (χ0n) is 14.0. The predicted molar refractivity (Wildman–Crippen MR) is 93.9 cm³/mol. The van der Waals surface area contributed by atoms with E-state index in [4.69, 9.17) is 0 Å². The molecule has 0 aromatic heterocycles. The summed E-state index contributed by atoms with van der Waals surface area (Å²) in [6, 6.07) is 0. The Morgan fingerprint density at radius 1 is 0.800 bits per heavy atom. The molecule has 0 radical (unpaired) electrons. The van der Waals surface area contributed by atoms with Crippen molar-refractivity contribution in [2.24, 2.45) is 0 Å². The van der Waals surface area contributed by atoms with Gasteiger partial charge in [0.05, 0.1) is 0 Å². The van der Waals surface area contributed by atoms with Crippen LogP contribution < -0.4 is 0 Å². The second kappa shape index (κ2) is 11.3. The Balaban J connectivity index is 4.31. The Kier molecular flexibility index (Phi) is 10.4. The summed E-state index contributed by atoms with van der Waals surface area (Å²) in [6.07, 6.45) is 19.5. The van der Waals surface area contributed by atoms with E-state index in [-0.39, 0.29) is 0 Å². The van der Waals surface area contributed by atoms with Gasteiger partial charge in [0.15, 0.2) is 0 Å². The molecule has 0 rings (SSSR count). The van der Waals surface area contributed by atoms with E-state index >= 15 is 0 Å². The highest BCUT2D eigenvalue weighted by atomic mass is 13.9. The average Bonchev–Trinajstić information content (AvgIpc) is 2.38. The smallest absolute Gasteiger partial charge is 0.0285 e. The van der Waals surface area contributed by atoms with Gasteiger partial charge >= 0.3 is 0 Å². The molecule has 0 aromatic rings. The van der Waals surface area contributed by atoms with Crippen LogP contribution in [-0.2, 0) is 0 Å². The minimum absolute atomic E-state index is 1.14. The second-order valence-electron chi connectivity index (χ2n) is 5.49. The highest BCUT2D eigenvalue weighted by molar-refractivity contribution is 5.28. The van der Waals surface area contributed by atoms with Crippen molar-refractivity contribution < 1.29 is 0 Å². The second-order valence-corrected chi connectivity index (χ2v) is 5.49. The third kappa shape index (κ3) is 11.5. The van der Waals surface area contributed by atoms with Crippen LogP contribution in [0.2, 0.25) is 0 Å². The van der Waals surface area contributed by atoms with Gasteiger partial charge in [0, 0.05) is 0 Å². The van der Waals surface area contributed by atoms with Crippen LogP contribution in [0.4, 0.5) is 0 Å². The Hall–Kier alpha value is -1.56. The first kappa shape index (κ1) is 18.4. The third-order valence-corrected chi connectivity index (χ3v) is 3.00. The summed E-state index contributed by atoms with van der Waals surface area (Å²) < 4.78 is 0. The van der Waals surface area contributed by atoms with Crippen LogP contribution in [0.15, 0.2) is 70.9 Å². The zero-order chi connectivity index (χ0) is 15.4. The van der Waals surface area contributed by atoms with E-state index in [9.17, 15) is 0 Å². The molecule has 0 aliphatic heterocycles. The maximum atomic E-state index is 2.29. The van der Waals surface area contributed by atoms with E-state index in [0.29, 0.717) is 0 Å². The van der Waals surface area contributed by atoms with Crippen LogP contribution in [-0.4, -0.2) is 0 Å². The highest BCUT2D eigenvalue weighted by Crippen LogP contribution is 2.07. The van der Waals surface area contributed by atoms with Crippen molar-refractivity contribution in [1.29, 1.82) is 0 Å². The van der Waals surface area contributed by atoms with Gasteiger partial charge in [0.25, 0.3) is 0 Å². The average molecular weight is 270 g/mol. The van der Waals surface area contributed by atoms with Gasteiger partial charge in [-0.25, -0.2) is 0 Å². The standard InChI is InChI=1S/C20H30/c1-7-18(4)12-9-14-20(6)16-10-15-19(5)13-8-11-17(2)3/h7,9-12,14-16H,8,13H2,1-6H3/b12-9+,16-10+,18-7+,19-15+,20-14+. The largest absolute Gasteiger partial charge is 0.0856 e. The first-order valence-corrected chi connectivity index (χ1v) is 7.40. The molecule has 0 nitrogen and oxygen atoms in total. The van der Waals surface area contributed by atoms with Gasteiger partial charge in [0.1, 0.15) is 0 Å². The molecule has 0 fully saturated rings. The van der Waals surface area contributed by atoms with Crippen molar-refractivity contribution in [3.63, 3.8) is 0 Å². The van der Waals surface area contributed by atoms with Gasteiger partial charge in [-0.2, -0.15) is 0 Å². The molecule has 0 aromatic carbocycles. The predicted octanol–water partition coefficient (Wildman–Crippen LogP) is 6.70. The molecule has 0 saturated carbocycles. The number of rotatable bonds is 7. The zero-order valence-corrected chi connectivity index (χ0v) is 14.0. The topological polar surface area (TPSA) is 0 Å². The Bertz CT molecular complexity index is 444. The van der Waals surface area contributed by atoms with Crippen molar-refractivity contribution in [2.45, 2.75) is 54.4 Å². The molecule has 0 heterocycles. The number of allylic oxidation sites excluding steroid dienone is 12. The fourth-order valence-electron chi connectivity index (χ4n) is 1.54. The minimum atomic E-state index is 1.14. The summed E-state index contributed by atoms with van der Waals surface area (Å²) in [4.78, 5) is 0.